The first-order valence-corrected chi connectivity index (χ1v) is 8.94. The molecule has 8 heteroatoms. The topological polar surface area (TPSA) is 79.0 Å². The first-order valence-electron chi connectivity index (χ1n) is 7.05. The van der Waals surface area contributed by atoms with Crippen molar-refractivity contribution in [3.63, 3.8) is 0 Å². The van der Waals surface area contributed by atoms with Crippen LogP contribution in [0.1, 0.15) is 24.5 Å². The molecule has 1 atom stereocenters. The van der Waals surface area contributed by atoms with Crippen LogP contribution in [-0.2, 0) is 9.84 Å². The number of aromatic nitrogens is 3. The molecule has 2 aromatic rings. The summed E-state index contributed by atoms with van der Waals surface area (Å²) >= 11 is 0. The zero-order chi connectivity index (χ0) is 15.7. The van der Waals surface area contributed by atoms with Crippen molar-refractivity contribution in [2.75, 3.05) is 24.2 Å². The van der Waals surface area contributed by atoms with Crippen molar-refractivity contribution in [1.82, 2.24) is 15.2 Å². The Balaban J connectivity index is 1.85. The summed E-state index contributed by atoms with van der Waals surface area (Å²) in [4.78, 5) is 6.39. The second-order valence-electron chi connectivity index (χ2n) is 5.54. The van der Waals surface area contributed by atoms with Gasteiger partial charge in [-0.3, -0.25) is 5.10 Å². The van der Waals surface area contributed by atoms with Crippen molar-refractivity contribution < 1.29 is 12.8 Å². The Morgan fingerprint density at radius 1 is 1.36 bits per heavy atom. The van der Waals surface area contributed by atoms with Crippen LogP contribution in [0.4, 0.5) is 10.2 Å². The highest BCUT2D eigenvalue weighted by atomic mass is 32.2. The van der Waals surface area contributed by atoms with Gasteiger partial charge in [0.1, 0.15) is 16.5 Å². The Morgan fingerprint density at radius 3 is 2.86 bits per heavy atom. The Kier molecular flexibility index (Phi) is 3.86. The summed E-state index contributed by atoms with van der Waals surface area (Å²) in [6.45, 7) is 1.45. The number of pyridine rings is 1. The molecule has 0 bridgehead atoms. The Labute approximate surface area is 128 Å². The van der Waals surface area contributed by atoms with E-state index in [1.165, 1.54) is 24.7 Å². The monoisotopic (exact) mass is 324 g/mol. The summed E-state index contributed by atoms with van der Waals surface area (Å²) in [5, 5.41) is 6.71. The van der Waals surface area contributed by atoms with E-state index in [1.807, 2.05) is 4.90 Å². The molecule has 1 aliphatic heterocycles. The van der Waals surface area contributed by atoms with E-state index in [4.69, 9.17) is 0 Å². The molecule has 1 aliphatic rings. The van der Waals surface area contributed by atoms with E-state index >= 15 is 0 Å². The molecule has 0 spiro atoms. The van der Waals surface area contributed by atoms with Gasteiger partial charge in [-0.25, -0.2) is 17.8 Å². The molecule has 2 aromatic heterocycles. The van der Waals surface area contributed by atoms with E-state index in [-0.39, 0.29) is 16.6 Å². The molecular weight excluding hydrogens is 307 g/mol. The number of nitrogens with zero attached hydrogens (tertiary/aromatic N) is 3. The van der Waals surface area contributed by atoms with E-state index in [2.05, 4.69) is 15.2 Å². The van der Waals surface area contributed by atoms with Crippen molar-refractivity contribution in [1.29, 1.82) is 0 Å². The highest BCUT2D eigenvalue weighted by Gasteiger charge is 2.28. The van der Waals surface area contributed by atoms with Crippen LogP contribution in [0.15, 0.2) is 29.4 Å². The predicted octanol–water partition coefficient (Wildman–Crippen LogP) is 1.73. The lowest BCUT2D eigenvalue weighted by Crippen LogP contribution is -2.35. The lowest BCUT2D eigenvalue weighted by molar-refractivity contribution is 0.491. The van der Waals surface area contributed by atoms with E-state index in [9.17, 15) is 12.8 Å². The SMILES string of the molecule is CS(=O)(=O)c1cn[nH]c1[C@H]1CCCN(c2ccc(F)cn2)C1. The van der Waals surface area contributed by atoms with E-state index in [0.29, 0.717) is 18.1 Å². The summed E-state index contributed by atoms with van der Waals surface area (Å²) < 4.78 is 36.6. The standard InChI is InChI=1S/C14H17FN4O2S/c1-22(20,21)12-8-17-18-14(12)10-3-2-6-19(9-10)13-5-4-11(15)7-16-13/h4-5,7-8,10H,2-3,6,9H2,1H3,(H,17,18)/t10-/m0/s1. The summed E-state index contributed by atoms with van der Waals surface area (Å²) in [5.74, 6) is 0.365. The molecule has 3 heterocycles. The molecule has 6 nitrogen and oxygen atoms in total. The molecule has 22 heavy (non-hydrogen) atoms. The molecule has 0 unspecified atom stereocenters. The maximum absolute atomic E-state index is 13.0. The first kappa shape index (κ1) is 15.0. The normalized spacial score (nSPS) is 19.4. The molecule has 118 valence electrons. The van der Waals surface area contributed by atoms with Gasteiger partial charge in [-0.2, -0.15) is 5.10 Å². The summed E-state index contributed by atoms with van der Waals surface area (Å²) in [6.07, 6.45) is 5.52. The minimum atomic E-state index is -3.30. The Hall–Kier alpha value is -1.96. The van der Waals surface area contributed by atoms with Crippen LogP contribution < -0.4 is 4.90 Å². The average Bonchev–Trinajstić information content (AvgIpc) is 2.98. The fourth-order valence-electron chi connectivity index (χ4n) is 2.85. The van der Waals surface area contributed by atoms with Crippen molar-refractivity contribution in [2.45, 2.75) is 23.7 Å². The maximum atomic E-state index is 13.0. The zero-order valence-corrected chi connectivity index (χ0v) is 13.0. The molecule has 0 aromatic carbocycles. The number of hydrogen-bond acceptors (Lipinski definition) is 5. The summed E-state index contributed by atoms with van der Waals surface area (Å²) in [5.41, 5.74) is 0.648. The minimum absolute atomic E-state index is 0.0350. The fraction of sp³-hybridized carbons (Fsp3) is 0.429. The van der Waals surface area contributed by atoms with Crippen molar-refractivity contribution in [2.24, 2.45) is 0 Å². The Bertz CT molecular complexity index is 757. The molecule has 0 saturated carbocycles. The van der Waals surface area contributed by atoms with Crippen LogP contribution in [0.5, 0.6) is 0 Å². The summed E-state index contributed by atoms with van der Waals surface area (Å²) in [6, 6.07) is 3.02. The zero-order valence-electron chi connectivity index (χ0n) is 12.2. The molecule has 1 fully saturated rings. The number of anilines is 1. The van der Waals surface area contributed by atoms with Gasteiger partial charge in [0, 0.05) is 25.3 Å². The molecule has 3 rings (SSSR count). The molecule has 0 radical (unpaired) electrons. The van der Waals surface area contributed by atoms with Crippen molar-refractivity contribution in [3.8, 4) is 0 Å². The third kappa shape index (κ3) is 2.96. The highest BCUT2D eigenvalue weighted by Crippen LogP contribution is 2.31. The van der Waals surface area contributed by atoms with Gasteiger partial charge in [0.05, 0.1) is 18.1 Å². The first-order chi connectivity index (χ1) is 10.4. The number of nitrogens with one attached hydrogen (secondary N) is 1. The number of piperidine rings is 1. The number of sulfone groups is 1. The number of aromatic amines is 1. The van der Waals surface area contributed by atoms with Gasteiger partial charge in [0.15, 0.2) is 9.84 Å². The van der Waals surface area contributed by atoms with Crippen LogP contribution in [0.3, 0.4) is 0 Å². The van der Waals surface area contributed by atoms with Crippen molar-refractivity contribution >= 4 is 15.7 Å². The fourth-order valence-corrected chi connectivity index (χ4v) is 3.70. The molecule has 0 aliphatic carbocycles. The van der Waals surface area contributed by atoms with Crippen LogP contribution >= 0.6 is 0 Å². The van der Waals surface area contributed by atoms with Gasteiger partial charge in [-0.1, -0.05) is 0 Å². The van der Waals surface area contributed by atoms with Gasteiger partial charge in [-0.15, -0.1) is 0 Å². The molecular formula is C14H17FN4O2S. The van der Waals surface area contributed by atoms with Crippen molar-refractivity contribution in [3.05, 3.63) is 36.0 Å². The second kappa shape index (κ2) is 5.68. The van der Waals surface area contributed by atoms with Crippen LogP contribution in [0, 0.1) is 5.82 Å². The largest absolute Gasteiger partial charge is 0.356 e. The van der Waals surface area contributed by atoms with Crippen LogP contribution in [0.2, 0.25) is 0 Å². The lowest BCUT2D eigenvalue weighted by atomic mass is 9.95. The molecule has 1 saturated heterocycles. The van der Waals surface area contributed by atoms with Gasteiger partial charge < -0.3 is 4.90 Å². The number of rotatable bonds is 3. The number of H-pyrrole nitrogens is 1. The van der Waals surface area contributed by atoms with Gasteiger partial charge in [0.2, 0.25) is 0 Å². The van der Waals surface area contributed by atoms with Gasteiger partial charge >= 0.3 is 0 Å². The predicted molar refractivity (Wildman–Crippen MR) is 80.1 cm³/mol. The highest BCUT2D eigenvalue weighted by molar-refractivity contribution is 7.90. The Morgan fingerprint density at radius 2 is 2.18 bits per heavy atom. The van der Waals surface area contributed by atoms with Crippen LogP contribution in [0.25, 0.3) is 0 Å². The maximum Gasteiger partial charge on any atom is 0.178 e. The summed E-state index contributed by atoms with van der Waals surface area (Å²) in [7, 11) is -3.30. The van der Waals surface area contributed by atoms with E-state index < -0.39 is 9.84 Å². The van der Waals surface area contributed by atoms with Gasteiger partial charge in [-0.05, 0) is 25.0 Å². The smallest absolute Gasteiger partial charge is 0.178 e. The minimum Gasteiger partial charge on any atom is -0.356 e. The molecule has 1 N–H and O–H groups in total. The third-order valence-corrected chi connectivity index (χ3v) is 5.02. The lowest BCUT2D eigenvalue weighted by Gasteiger charge is -2.33. The molecule has 0 amide bonds. The van der Waals surface area contributed by atoms with Crippen LogP contribution in [-0.4, -0.2) is 42.9 Å². The number of hydrogen-bond donors (Lipinski definition) is 1. The van der Waals surface area contributed by atoms with E-state index in [1.54, 1.807) is 6.07 Å². The average molecular weight is 324 g/mol. The van der Waals surface area contributed by atoms with E-state index in [0.717, 1.165) is 19.4 Å². The van der Waals surface area contributed by atoms with Gasteiger partial charge in [0.25, 0.3) is 0 Å². The second-order valence-corrected chi connectivity index (χ2v) is 7.52. The quantitative estimate of drug-likeness (QED) is 0.930. The number of halogens is 1. The third-order valence-electron chi connectivity index (χ3n) is 3.90.